The summed E-state index contributed by atoms with van der Waals surface area (Å²) in [6, 6.07) is 1.77. The van der Waals surface area contributed by atoms with Crippen molar-refractivity contribution >= 4 is 0 Å². The Hall–Kier alpha value is -0.830. The van der Waals surface area contributed by atoms with Gasteiger partial charge in [0.2, 0.25) is 0 Å². The van der Waals surface area contributed by atoms with Gasteiger partial charge in [-0.15, -0.1) is 0 Å². The van der Waals surface area contributed by atoms with E-state index < -0.39 is 0 Å². The molecule has 0 aliphatic heterocycles. The molecule has 1 rings (SSSR count). The molecule has 0 aliphatic rings. The molecule has 50 valence electrons. The smallest absolute Gasteiger partial charge is 0.0951 e. The Bertz CT molecular complexity index is 160. The quantitative estimate of drug-likeness (QED) is 0.617. The molecular formula is C6H10N2O. The number of H-pyrrole nitrogens is 1. The molecule has 0 saturated heterocycles. The van der Waals surface area contributed by atoms with Gasteiger partial charge in [0.25, 0.3) is 0 Å². The van der Waals surface area contributed by atoms with Crippen molar-refractivity contribution in [3.8, 4) is 0 Å². The molecule has 0 amide bonds. The highest BCUT2D eigenvalue weighted by molar-refractivity contribution is 5.00. The lowest BCUT2D eigenvalue weighted by Gasteiger charge is -2.01. The van der Waals surface area contributed by atoms with Gasteiger partial charge < -0.3 is 5.11 Å². The van der Waals surface area contributed by atoms with Crippen LogP contribution in [0, 0.1) is 0 Å². The maximum Gasteiger partial charge on any atom is 0.0951 e. The van der Waals surface area contributed by atoms with Crippen LogP contribution in [0.2, 0.25) is 0 Å². The molecule has 2 N–H and O–H groups in total. The third-order valence-electron chi connectivity index (χ3n) is 1.27. The zero-order valence-electron chi connectivity index (χ0n) is 5.33. The highest BCUT2D eigenvalue weighted by Crippen LogP contribution is 2.10. The van der Waals surface area contributed by atoms with E-state index in [2.05, 4.69) is 10.2 Å². The minimum Gasteiger partial charge on any atom is -0.387 e. The highest BCUT2D eigenvalue weighted by Gasteiger charge is 2.03. The molecule has 1 heterocycles. The molecule has 0 bridgehead atoms. The standard InChI is InChI=1S/C6H10N2O/c1-2-6(9)5-3-4-7-8-5/h3-4,6,9H,2H2,1H3,(H,7,8). The van der Waals surface area contributed by atoms with E-state index in [1.807, 2.05) is 6.92 Å². The Kier molecular flexibility index (Phi) is 1.85. The summed E-state index contributed by atoms with van der Waals surface area (Å²) in [5, 5.41) is 15.5. The van der Waals surface area contributed by atoms with Gasteiger partial charge in [-0.2, -0.15) is 5.10 Å². The van der Waals surface area contributed by atoms with Crippen LogP contribution in [0.5, 0.6) is 0 Å². The first kappa shape index (κ1) is 6.29. The van der Waals surface area contributed by atoms with Gasteiger partial charge in [0.15, 0.2) is 0 Å². The topological polar surface area (TPSA) is 48.9 Å². The van der Waals surface area contributed by atoms with Crippen LogP contribution in [-0.4, -0.2) is 15.3 Å². The minimum absolute atomic E-state index is 0.382. The number of aromatic amines is 1. The van der Waals surface area contributed by atoms with E-state index in [9.17, 15) is 0 Å². The molecule has 9 heavy (non-hydrogen) atoms. The van der Waals surface area contributed by atoms with Crippen LogP contribution in [-0.2, 0) is 0 Å². The maximum absolute atomic E-state index is 9.15. The number of rotatable bonds is 2. The third kappa shape index (κ3) is 1.29. The van der Waals surface area contributed by atoms with Gasteiger partial charge in [-0.3, -0.25) is 5.10 Å². The lowest BCUT2D eigenvalue weighted by atomic mass is 10.2. The predicted molar refractivity (Wildman–Crippen MR) is 33.8 cm³/mol. The first-order valence-corrected chi connectivity index (χ1v) is 3.02. The van der Waals surface area contributed by atoms with Crippen LogP contribution in [0.25, 0.3) is 0 Å². The molecular weight excluding hydrogens is 116 g/mol. The van der Waals surface area contributed by atoms with Crippen molar-refractivity contribution in [2.75, 3.05) is 0 Å². The molecule has 0 fully saturated rings. The summed E-state index contributed by atoms with van der Waals surface area (Å²) >= 11 is 0. The average Bonchev–Trinajstić information content (AvgIpc) is 2.37. The Labute approximate surface area is 53.7 Å². The molecule has 0 saturated carbocycles. The fraction of sp³-hybridized carbons (Fsp3) is 0.500. The van der Waals surface area contributed by atoms with Crippen molar-refractivity contribution in [1.29, 1.82) is 0 Å². The van der Waals surface area contributed by atoms with E-state index in [1.165, 1.54) is 0 Å². The van der Waals surface area contributed by atoms with E-state index in [0.717, 1.165) is 12.1 Å². The molecule has 3 heteroatoms. The Balaban J connectivity index is 2.65. The Morgan fingerprint density at radius 1 is 1.89 bits per heavy atom. The van der Waals surface area contributed by atoms with Crippen LogP contribution in [0.1, 0.15) is 25.1 Å². The van der Waals surface area contributed by atoms with E-state index in [0.29, 0.717) is 0 Å². The van der Waals surface area contributed by atoms with Crippen molar-refractivity contribution in [2.24, 2.45) is 0 Å². The monoisotopic (exact) mass is 126 g/mol. The number of hydrogen-bond donors (Lipinski definition) is 2. The largest absolute Gasteiger partial charge is 0.387 e. The maximum atomic E-state index is 9.15. The van der Waals surface area contributed by atoms with E-state index >= 15 is 0 Å². The van der Waals surface area contributed by atoms with Crippen molar-refractivity contribution in [2.45, 2.75) is 19.4 Å². The van der Waals surface area contributed by atoms with E-state index in [1.54, 1.807) is 12.3 Å². The molecule has 0 radical (unpaired) electrons. The number of hydrogen-bond acceptors (Lipinski definition) is 2. The SMILES string of the molecule is CCC(O)c1ccn[nH]1. The van der Waals surface area contributed by atoms with Crippen LogP contribution in [0.15, 0.2) is 12.3 Å². The zero-order chi connectivity index (χ0) is 6.69. The van der Waals surface area contributed by atoms with Crippen molar-refractivity contribution in [1.82, 2.24) is 10.2 Å². The summed E-state index contributed by atoms with van der Waals surface area (Å²) in [6.07, 6.45) is 1.98. The van der Waals surface area contributed by atoms with E-state index in [-0.39, 0.29) is 6.10 Å². The third-order valence-corrected chi connectivity index (χ3v) is 1.27. The highest BCUT2D eigenvalue weighted by atomic mass is 16.3. The van der Waals surface area contributed by atoms with Gasteiger partial charge in [-0.05, 0) is 12.5 Å². The van der Waals surface area contributed by atoms with E-state index in [4.69, 9.17) is 5.11 Å². The average molecular weight is 126 g/mol. The lowest BCUT2D eigenvalue weighted by molar-refractivity contribution is 0.169. The second kappa shape index (κ2) is 2.64. The van der Waals surface area contributed by atoms with Gasteiger partial charge in [-0.1, -0.05) is 6.92 Å². The second-order valence-electron chi connectivity index (χ2n) is 1.94. The Morgan fingerprint density at radius 2 is 2.67 bits per heavy atom. The molecule has 1 aromatic heterocycles. The van der Waals surface area contributed by atoms with Gasteiger partial charge in [-0.25, -0.2) is 0 Å². The van der Waals surface area contributed by atoms with Crippen LogP contribution >= 0.6 is 0 Å². The second-order valence-corrected chi connectivity index (χ2v) is 1.94. The molecule has 0 aliphatic carbocycles. The summed E-state index contributed by atoms with van der Waals surface area (Å²) in [5.74, 6) is 0. The molecule has 0 aromatic carbocycles. The summed E-state index contributed by atoms with van der Waals surface area (Å²) < 4.78 is 0. The molecule has 3 nitrogen and oxygen atoms in total. The van der Waals surface area contributed by atoms with Crippen LogP contribution in [0.4, 0.5) is 0 Å². The molecule has 0 spiro atoms. The Morgan fingerprint density at radius 3 is 3.11 bits per heavy atom. The van der Waals surface area contributed by atoms with Gasteiger partial charge in [0.1, 0.15) is 0 Å². The fourth-order valence-electron chi connectivity index (χ4n) is 0.672. The minimum atomic E-state index is -0.382. The molecule has 1 atom stereocenters. The van der Waals surface area contributed by atoms with Crippen LogP contribution < -0.4 is 0 Å². The molecule has 1 aromatic rings. The summed E-state index contributed by atoms with van der Waals surface area (Å²) in [6.45, 7) is 1.92. The van der Waals surface area contributed by atoms with Gasteiger partial charge >= 0.3 is 0 Å². The number of nitrogens with one attached hydrogen (secondary N) is 1. The summed E-state index contributed by atoms with van der Waals surface area (Å²) in [4.78, 5) is 0. The fourth-order valence-corrected chi connectivity index (χ4v) is 0.672. The van der Waals surface area contributed by atoms with Gasteiger partial charge in [0, 0.05) is 6.20 Å². The number of nitrogens with zero attached hydrogens (tertiary/aromatic N) is 1. The first-order chi connectivity index (χ1) is 4.34. The zero-order valence-corrected chi connectivity index (χ0v) is 5.33. The molecule has 1 unspecified atom stereocenters. The summed E-state index contributed by atoms with van der Waals surface area (Å²) in [7, 11) is 0. The lowest BCUT2D eigenvalue weighted by Crippen LogP contribution is -1.94. The number of aliphatic hydroxyl groups excluding tert-OH is 1. The van der Waals surface area contributed by atoms with Crippen molar-refractivity contribution < 1.29 is 5.11 Å². The number of aromatic nitrogens is 2. The predicted octanol–water partition coefficient (Wildman–Crippen LogP) is 0.853. The van der Waals surface area contributed by atoms with Crippen LogP contribution in [0.3, 0.4) is 0 Å². The van der Waals surface area contributed by atoms with Gasteiger partial charge in [0.05, 0.1) is 11.8 Å². The van der Waals surface area contributed by atoms with Crippen molar-refractivity contribution in [3.63, 3.8) is 0 Å². The normalized spacial score (nSPS) is 13.6. The number of aliphatic hydroxyl groups is 1. The first-order valence-electron chi connectivity index (χ1n) is 3.02. The van der Waals surface area contributed by atoms with Crippen molar-refractivity contribution in [3.05, 3.63) is 18.0 Å². The summed E-state index contributed by atoms with van der Waals surface area (Å²) in [5.41, 5.74) is 0.789.